The molecule has 2 saturated carbocycles. The molecule has 0 radical (unpaired) electrons. The van der Waals surface area contributed by atoms with Gasteiger partial charge >= 0.3 is 0 Å². The Hall–Kier alpha value is -1.36. The van der Waals surface area contributed by atoms with E-state index in [2.05, 4.69) is 9.97 Å². The van der Waals surface area contributed by atoms with Crippen LogP contribution in [-0.2, 0) is 11.2 Å². The van der Waals surface area contributed by atoms with Crippen molar-refractivity contribution in [2.45, 2.75) is 63.9 Å². The minimum Gasteiger partial charge on any atom is -0.383 e. The summed E-state index contributed by atoms with van der Waals surface area (Å²) >= 11 is 0. The first kappa shape index (κ1) is 15.5. The van der Waals surface area contributed by atoms with Gasteiger partial charge in [-0.2, -0.15) is 4.98 Å². The molecule has 4 N–H and O–H groups in total. The van der Waals surface area contributed by atoms with Crippen LogP contribution in [0.5, 0.6) is 0 Å². The van der Waals surface area contributed by atoms with Gasteiger partial charge in [0.2, 0.25) is 5.95 Å². The van der Waals surface area contributed by atoms with E-state index in [1.165, 1.54) is 44.9 Å². The van der Waals surface area contributed by atoms with Crippen LogP contribution >= 0.6 is 0 Å². The molecule has 0 spiro atoms. The lowest BCUT2D eigenvalue weighted by atomic mass is 9.70. The molecule has 22 heavy (non-hydrogen) atoms. The third-order valence-electron chi connectivity index (χ3n) is 5.35. The van der Waals surface area contributed by atoms with Gasteiger partial charge in [-0.25, -0.2) is 4.98 Å². The van der Waals surface area contributed by atoms with Crippen LogP contribution in [0.15, 0.2) is 6.20 Å². The van der Waals surface area contributed by atoms with E-state index in [1.807, 2.05) is 0 Å². The van der Waals surface area contributed by atoms with Crippen molar-refractivity contribution in [3.8, 4) is 0 Å². The van der Waals surface area contributed by atoms with Gasteiger partial charge in [-0.3, -0.25) is 0 Å². The average molecular weight is 304 g/mol. The summed E-state index contributed by atoms with van der Waals surface area (Å²) in [4.78, 5) is 7.99. The smallest absolute Gasteiger partial charge is 0.221 e. The molecule has 2 aliphatic carbocycles. The molecular weight excluding hydrogens is 276 g/mol. The Bertz CT molecular complexity index is 494. The summed E-state index contributed by atoms with van der Waals surface area (Å²) in [5, 5.41) is 0. The Morgan fingerprint density at radius 3 is 2.73 bits per heavy atom. The van der Waals surface area contributed by atoms with E-state index < -0.39 is 0 Å². The zero-order valence-electron chi connectivity index (χ0n) is 13.3. The Labute approximate surface area is 132 Å². The number of aryl methyl sites for hydroxylation is 1. The fraction of sp³-hybridized carbons (Fsp3) is 0.765. The number of nitrogens with two attached hydrogens (primary N) is 2. The predicted molar refractivity (Wildman–Crippen MR) is 88.2 cm³/mol. The number of nitrogen functional groups attached to an aromatic ring is 2. The molecule has 1 aromatic rings. The maximum Gasteiger partial charge on any atom is 0.221 e. The number of rotatable bonds is 5. The van der Waals surface area contributed by atoms with Crippen molar-refractivity contribution < 1.29 is 4.74 Å². The Balaban J connectivity index is 1.38. The van der Waals surface area contributed by atoms with E-state index in [0.717, 1.165) is 36.8 Å². The monoisotopic (exact) mass is 304 g/mol. The standard InChI is InChI=1S/C17H28N4O/c18-16-14(11-20-17(19)21-16)6-3-9-22-15-8-7-12-4-1-2-5-13(12)10-15/h11-13,15H,1-10H2,(H4,18,19,20,21). The average Bonchev–Trinajstić information content (AvgIpc) is 2.53. The van der Waals surface area contributed by atoms with E-state index >= 15 is 0 Å². The highest BCUT2D eigenvalue weighted by Gasteiger charge is 2.32. The fourth-order valence-electron chi connectivity index (χ4n) is 4.12. The lowest BCUT2D eigenvalue weighted by Crippen LogP contribution is -2.32. The minimum absolute atomic E-state index is 0.238. The highest BCUT2D eigenvalue weighted by molar-refractivity contribution is 5.41. The van der Waals surface area contributed by atoms with E-state index in [1.54, 1.807) is 6.20 Å². The van der Waals surface area contributed by atoms with Crippen LogP contribution in [0, 0.1) is 11.8 Å². The van der Waals surface area contributed by atoms with Gasteiger partial charge < -0.3 is 16.2 Å². The Morgan fingerprint density at radius 2 is 1.91 bits per heavy atom. The number of hydrogen-bond acceptors (Lipinski definition) is 5. The number of aromatic nitrogens is 2. The molecule has 5 heteroatoms. The first-order chi connectivity index (χ1) is 10.7. The van der Waals surface area contributed by atoms with Crippen molar-refractivity contribution in [2.24, 2.45) is 11.8 Å². The summed E-state index contributed by atoms with van der Waals surface area (Å²) in [6.07, 6.45) is 13.6. The highest BCUT2D eigenvalue weighted by atomic mass is 16.5. The third-order valence-corrected chi connectivity index (χ3v) is 5.35. The SMILES string of the molecule is Nc1ncc(CCCOC2CCC3CCCCC3C2)c(N)n1. The molecule has 3 unspecified atom stereocenters. The van der Waals surface area contributed by atoms with E-state index in [4.69, 9.17) is 16.2 Å². The topological polar surface area (TPSA) is 87.0 Å². The van der Waals surface area contributed by atoms with Crippen LogP contribution in [-0.4, -0.2) is 22.7 Å². The van der Waals surface area contributed by atoms with Gasteiger partial charge in [0, 0.05) is 18.4 Å². The van der Waals surface area contributed by atoms with Gasteiger partial charge in [-0.05, 0) is 43.9 Å². The quantitative estimate of drug-likeness (QED) is 0.817. The van der Waals surface area contributed by atoms with Gasteiger partial charge in [-0.1, -0.05) is 25.7 Å². The van der Waals surface area contributed by atoms with Crippen molar-refractivity contribution >= 4 is 11.8 Å². The predicted octanol–water partition coefficient (Wildman–Crippen LogP) is 2.95. The molecule has 3 atom stereocenters. The second kappa shape index (κ2) is 7.27. The van der Waals surface area contributed by atoms with E-state index in [-0.39, 0.29) is 5.95 Å². The molecule has 122 valence electrons. The molecule has 0 amide bonds. The second-order valence-corrected chi connectivity index (χ2v) is 6.85. The summed E-state index contributed by atoms with van der Waals surface area (Å²) in [6.45, 7) is 0.797. The maximum atomic E-state index is 6.11. The molecule has 1 heterocycles. The molecule has 2 fully saturated rings. The largest absolute Gasteiger partial charge is 0.383 e. The Morgan fingerprint density at radius 1 is 1.09 bits per heavy atom. The van der Waals surface area contributed by atoms with Gasteiger partial charge in [0.1, 0.15) is 5.82 Å². The summed E-state index contributed by atoms with van der Waals surface area (Å²) in [6, 6.07) is 0. The number of anilines is 2. The van der Waals surface area contributed by atoms with E-state index in [9.17, 15) is 0 Å². The van der Waals surface area contributed by atoms with Crippen LogP contribution in [0.4, 0.5) is 11.8 Å². The lowest BCUT2D eigenvalue weighted by molar-refractivity contribution is -0.0135. The molecule has 1 aromatic heterocycles. The first-order valence-corrected chi connectivity index (χ1v) is 8.71. The van der Waals surface area contributed by atoms with Gasteiger partial charge in [0.25, 0.3) is 0 Å². The zero-order chi connectivity index (χ0) is 15.4. The van der Waals surface area contributed by atoms with Crippen LogP contribution in [0.25, 0.3) is 0 Å². The van der Waals surface area contributed by atoms with Crippen LogP contribution < -0.4 is 11.5 Å². The van der Waals surface area contributed by atoms with Crippen molar-refractivity contribution in [1.29, 1.82) is 0 Å². The van der Waals surface area contributed by atoms with Gasteiger partial charge in [0.05, 0.1) is 6.10 Å². The molecule has 0 aromatic carbocycles. The van der Waals surface area contributed by atoms with Crippen LogP contribution in [0.1, 0.15) is 56.9 Å². The van der Waals surface area contributed by atoms with Crippen molar-refractivity contribution in [3.05, 3.63) is 11.8 Å². The van der Waals surface area contributed by atoms with Crippen molar-refractivity contribution in [1.82, 2.24) is 9.97 Å². The van der Waals surface area contributed by atoms with Crippen molar-refractivity contribution in [2.75, 3.05) is 18.1 Å². The second-order valence-electron chi connectivity index (χ2n) is 6.85. The van der Waals surface area contributed by atoms with Crippen LogP contribution in [0.3, 0.4) is 0 Å². The number of ether oxygens (including phenoxy) is 1. The molecule has 3 rings (SSSR count). The summed E-state index contributed by atoms with van der Waals surface area (Å²) in [5.41, 5.74) is 12.3. The molecular formula is C17H28N4O. The highest BCUT2D eigenvalue weighted by Crippen LogP contribution is 2.41. The van der Waals surface area contributed by atoms with Crippen LogP contribution in [0.2, 0.25) is 0 Å². The summed E-state index contributed by atoms with van der Waals surface area (Å²) in [7, 11) is 0. The fourth-order valence-corrected chi connectivity index (χ4v) is 4.12. The molecule has 0 bridgehead atoms. The molecule has 5 nitrogen and oxygen atoms in total. The maximum absolute atomic E-state index is 6.11. The molecule has 0 aliphatic heterocycles. The summed E-state index contributed by atoms with van der Waals surface area (Å²) < 4.78 is 6.11. The number of hydrogen-bond donors (Lipinski definition) is 2. The lowest BCUT2D eigenvalue weighted by Gasteiger charge is -2.39. The Kier molecular flexibility index (Phi) is 5.13. The molecule has 2 aliphatic rings. The van der Waals surface area contributed by atoms with Crippen molar-refractivity contribution in [3.63, 3.8) is 0 Å². The number of nitrogens with zero attached hydrogens (tertiary/aromatic N) is 2. The third kappa shape index (κ3) is 3.88. The molecule has 0 saturated heterocycles. The summed E-state index contributed by atoms with van der Waals surface area (Å²) in [5.74, 6) is 2.64. The number of fused-ring (bicyclic) bond motifs is 1. The van der Waals surface area contributed by atoms with Gasteiger partial charge in [0.15, 0.2) is 0 Å². The van der Waals surface area contributed by atoms with Gasteiger partial charge in [-0.15, -0.1) is 0 Å². The first-order valence-electron chi connectivity index (χ1n) is 8.71. The normalized spacial score (nSPS) is 28.3. The zero-order valence-corrected chi connectivity index (χ0v) is 13.3. The van der Waals surface area contributed by atoms with E-state index in [0.29, 0.717) is 11.9 Å². The minimum atomic E-state index is 0.238.